The number of hydrogen-bond donors (Lipinski definition) is 1. The fourth-order valence-electron chi connectivity index (χ4n) is 3.89. The number of halogens is 1. The van der Waals surface area contributed by atoms with Gasteiger partial charge in [0, 0.05) is 13.0 Å². The highest BCUT2D eigenvalue weighted by molar-refractivity contribution is 6.09. The smallest absolute Gasteiger partial charge is 0.290 e. The SMILES string of the molecule is CCC(=O)C1=C(O)C(=O)N(Cc2ccc(F)cc2)C1c1cccc2ccccc12. The Morgan fingerprint density at radius 3 is 2.45 bits per heavy atom. The lowest BCUT2D eigenvalue weighted by molar-refractivity contribution is -0.130. The van der Waals surface area contributed by atoms with E-state index in [0.29, 0.717) is 5.56 Å². The van der Waals surface area contributed by atoms with E-state index in [1.165, 1.54) is 17.0 Å². The Hall–Kier alpha value is -3.47. The molecule has 1 aliphatic rings. The number of carbonyl (C=O) groups excluding carboxylic acids is 2. The molecule has 0 spiro atoms. The third-order valence-electron chi connectivity index (χ3n) is 5.31. The molecule has 1 unspecified atom stereocenters. The summed E-state index contributed by atoms with van der Waals surface area (Å²) in [5, 5.41) is 12.5. The van der Waals surface area contributed by atoms with Crippen LogP contribution in [0.15, 0.2) is 78.1 Å². The second kappa shape index (κ2) is 7.51. The van der Waals surface area contributed by atoms with Crippen molar-refractivity contribution in [3.8, 4) is 0 Å². The summed E-state index contributed by atoms with van der Waals surface area (Å²) >= 11 is 0. The Balaban J connectivity index is 1.87. The van der Waals surface area contributed by atoms with E-state index in [1.54, 1.807) is 19.1 Å². The molecule has 1 atom stereocenters. The van der Waals surface area contributed by atoms with Gasteiger partial charge in [-0.3, -0.25) is 9.59 Å². The van der Waals surface area contributed by atoms with Gasteiger partial charge in [0.15, 0.2) is 11.5 Å². The lowest BCUT2D eigenvalue weighted by Gasteiger charge is -2.28. The molecule has 146 valence electrons. The van der Waals surface area contributed by atoms with Crippen LogP contribution < -0.4 is 0 Å². The lowest BCUT2D eigenvalue weighted by atomic mass is 9.91. The zero-order valence-corrected chi connectivity index (χ0v) is 15.9. The predicted molar refractivity (Wildman–Crippen MR) is 109 cm³/mol. The molecule has 1 aliphatic heterocycles. The molecule has 3 aromatic carbocycles. The molecule has 4 rings (SSSR count). The summed E-state index contributed by atoms with van der Waals surface area (Å²) in [6, 6.07) is 18.6. The molecule has 0 saturated carbocycles. The zero-order chi connectivity index (χ0) is 20.5. The third kappa shape index (κ3) is 3.29. The molecule has 0 aliphatic carbocycles. The monoisotopic (exact) mass is 389 g/mol. The lowest BCUT2D eigenvalue weighted by Crippen LogP contribution is -2.30. The van der Waals surface area contributed by atoms with Crippen LogP contribution in [0.3, 0.4) is 0 Å². The third-order valence-corrected chi connectivity index (χ3v) is 5.31. The highest BCUT2D eigenvalue weighted by Crippen LogP contribution is 2.41. The van der Waals surface area contributed by atoms with Crippen LogP contribution in [-0.2, 0) is 16.1 Å². The largest absolute Gasteiger partial charge is 0.503 e. The van der Waals surface area contributed by atoms with E-state index in [4.69, 9.17) is 0 Å². The molecular formula is C24H20FNO3. The quantitative estimate of drug-likeness (QED) is 0.678. The fraction of sp³-hybridized carbons (Fsp3) is 0.167. The van der Waals surface area contributed by atoms with E-state index in [-0.39, 0.29) is 30.1 Å². The zero-order valence-electron chi connectivity index (χ0n) is 15.9. The molecule has 4 nitrogen and oxygen atoms in total. The average molecular weight is 389 g/mol. The molecule has 0 aromatic heterocycles. The molecular weight excluding hydrogens is 369 g/mol. The summed E-state index contributed by atoms with van der Waals surface area (Å²) in [5.41, 5.74) is 1.61. The van der Waals surface area contributed by atoms with Crippen LogP contribution in [0.25, 0.3) is 10.8 Å². The Bertz CT molecular complexity index is 1130. The number of nitrogens with zero attached hydrogens (tertiary/aromatic N) is 1. The van der Waals surface area contributed by atoms with Crippen molar-refractivity contribution in [1.29, 1.82) is 0 Å². The summed E-state index contributed by atoms with van der Waals surface area (Å²) in [7, 11) is 0. The first-order valence-electron chi connectivity index (χ1n) is 9.50. The van der Waals surface area contributed by atoms with Crippen molar-refractivity contribution in [3.63, 3.8) is 0 Å². The van der Waals surface area contributed by atoms with Crippen molar-refractivity contribution in [2.24, 2.45) is 0 Å². The number of aliphatic hydroxyl groups excluding tert-OH is 1. The van der Waals surface area contributed by atoms with Crippen LogP contribution in [0.4, 0.5) is 4.39 Å². The Kier molecular flexibility index (Phi) is 4.89. The van der Waals surface area contributed by atoms with Crippen molar-refractivity contribution in [3.05, 3.63) is 95.0 Å². The average Bonchev–Trinajstić information content (AvgIpc) is 2.99. The van der Waals surface area contributed by atoms with E-state index in [2.05, 4.69) is 0 Å². The van der Waals surface area contributed by atoms with E-state index in [9.17, 15) is 19.1 Å². The Labute approximate surface area is 167 Å². The Morgan fingerprint density at radius 2 is 1.72 bits per heavy atom. The molecule has 1 heterocycles. The molecule has 1 N–H and O–H groups in total. The molecule has 0 radical (unpaired) electrons. The molecule has 3 aromatic rings. The minimum absolute atomic E-state index is 0.121. The van der Waals surface area contributed by atoms with Gasteiger partial charge in [0.2, 0.25) is 0 Å². The van der Waals surface area contributed by atoms with Crippen molar-refractivity contribution in [2.45, 2.75) is 25.9 Å². The summed E-state index contributed by atoms with van der Waals surface area (Å²) in [5.74, 6) is -1.73. The van der Waals surface area contributed by atoms with Crippen molar-refractivity contribution >= 4 is 22.5 Å². The van der Waals surface area contributed by atoms with Crippen molar-refractivity contribution in [2.75, 3.05) is 0 Å². The predicted octanol–water partition coefficient (Wildman–Crippen LogP) is 4.85. The number of rotatable bonds is 5. The maximum atomic E-state index is 13.3. The van der Waals surface area contributed by atoms with Crippen molar-refractivity contribution < 1.29 is 19.1 Å². The van der Waals surface area contributed by atoms with E-state index < -0.39 is 17.7 Å². The van der Waals surface area contributed by atoms with Gasteiger partial charge in [-0.2, -0.15) is 0 Å². The number of benzene rings is 3. The van der Waals surface area contributed by atoms with Gasteiger partial charge in [-0.25, -0.2) is 4.39 Å². The van der Waals surface area contributed by atoms with Crippen LogP contribution in [0, 0.1) is 5.82 Å². The molecule has 0 saturated heterocycles. The number of aliphatic hydroxyl groups is 1. The van der Waals surface area contributed by atoms with Crippen LogP contribution >= 0.6 is 0 Å². The second-order valence-corrected chi connectivity index (χ2v) is 7.07. The van der Waals surface area contributed by atoms with Gasteiger partial charge in [0.25, 0.3) is 5.91 Å². The van der Waals surface area contributed by atoms with E-state index >= 15 is 0 Å². The molecule has 5 heteroatoms. The van der Waals surface area contributed by atoms with Gasteiger partial charge in [-0.15, -0.1) is 0 Å². The first-order chi connectivity index (χ1) is 14.0. The number of amides is 1. The molecule has 0 bridgehead atoms. The number of hydrogen-bond acceptors (Lipinski definition) is 3. The summed E-state index contributed by atoms with van der Waals surface area (Å²) < 4.78 is 13.3. The van der Waals surface area contributed by atoms with E-state index in [1.807, 2.05) is 42.5 Å². The minimum Gasteiger partial charge on any atom is -0.503 e. The fourth-order valence-corrected chi connectivity index (χ4v) is 3.89. The molecule has 1 amide bonds. The minimum atomic E-state index is -0.703. The summed E-state index contributed by atoms with van der Waals surface area (Å²) in [6.07, 6.45) is 0.179. The highest BCUT2D eigenvalue weighted by Gasteiger charge is 2.43. The van der Waals surface area contributed by atoms with Gasteiger partial charge in [0.1, 0.15) is 5.82 Å². The van der Waals surface area contributed by atoms with Crippen LogP contribution in [0.5, 0.6) is 0 Å². The van der Waals surface area contributed by atoms with E-state index in [0.717, 1.165) is 16.3 Å². The molecule has 0 fully saturated rings. The summed E-state index contributed by atoms with van der Waals surface area (Å²) in [6.45, 7) is 1.85. The second-order valence-electron chi connectivity index (χ2n) is 7.07. The van der Waals surface area contributed by atoms with Gasteiger partial charge >= 0.3 is 0 Å². The van der Waals surface area contributed by atoms with Gasteiger partial charge in [-0.05, 0) is 34.0 Å². The maximum Gasteiger partial charge on any atom is 0.290 e. The van der Waals surface area contributed by atoms with Gasteiger partial charge in [-0.1, -0.05) is 61.5 Å². The first kappa shape index (κ1) is 18.9. The number of fused-ring (bicyclic) bond motifs is 1. The highest BCUT2D eigenvalue weighted by atomic mass is 19.1. The van der Waals surface area contributed by atoms with Crippen molar-refractivity contribution in [1.82, 2.24) is 4.90 Å². The molecule has 29 heavy (non-hydrogen) atoms. The topological polar surface area (TPSA) is 57.6 Å². The normalized spacial score (nSPS) is 16.7. The first-order valence-corrected chi connectivity index (χ1v) is 9.50. The maximum absolute atomic E-state index is 13.3. The Morgan fingerprint density at radius 1 is 1.03 bits per heavy atom. The number of carbonyl (C=O) groups is 2. The number of ketones is 1. The summed E-state index contributed by atoms with van der Waals surface area (Å²) in [4.78, 5) is 27.1. The van der Waals surface area contributed by atoms with Gasteiger partial charge in [0.05, 0.1) is 11.6 Å². The number of Topliss-reactive ketones (excluding diaryl/α,β-unsaturated/α-hetero) is 1. The van der Waals surface area contributed by atoms with Crippen LogP contribution in [0.1, 0.15) is 30.5 Å². The van der Waals surface area contributed by atoms with Crippen LogP contribution in [0.2, 0.25) is 0 Å². The standard InChI is InChI=1S/C24H20FNO3/c1-2-20(27)21-22(19-9-5-7-16-6-3-4-8-18(16)19)26(24(29)23(21)28)14-15-10-12-17(25)13-11-15/h3-13,22,28H,2,14H2,1H3. The van der Waals surface area contributed by atoms with Crippen LogP contribution in [-0.4, -0.2) is 21.7 Å². The van der Waals surface area contributed by atoms with Gasteiger partial charge < -0.3 is 10.0 Å².